The Balaban J connectivity index is 1.81. The van der Waals surface area contributed by atoms with Gasteiger partial charge in [-0.2, -0.15) is 0 Å². The summed E-state index contributed by atoms with van der Waals surface area (Å²) in [4.78, 5) is 0. The highest BCUT2D eigenvalue weighted by molar-refractivity contribution is 5.48. The summed E-state index contributed by atoms with van der Waals surface area (Å²) in [7, 11) is 1.66. The monoisotopic (exact) mass is 315 g/mol. The number of benzene rings is 2. The van der Waals surface area contributed by atoms with E-state index in [2.05, 4.69) is 18.3 Å². The van der Waals surface area contributed by atoms with E-state index >= 15 is 0 Å². The Morgan fingerprint density at radius 2 is 1.78 bits per heavy atom. The van der Waals surface area contributed by atoms with E-state index in [4.69, 9.17) is 14.2 Å². The summed E-state index contributed by atoms with van der Waals surface area (Å²) in [5.41, 5.74) is 2.21. The number of anilines is 1. The number of hydrogen-bond acceptors (Lipinski definition) is 4. The summed E-state index contributed by atoms with van der Waals surface area (Å²) in [6.45, 7) is 5.96. The zero-order valence-electron chi connectivity index (χ0n) is 14.0. The average molecular weight is 315 g/mol. The number of ether oxygens (including phenoxy) is 3. The molecule has 0 fully saturated rings. The number of methoxy groups -OCH3 is 1. The molecule has 124 valence electrons. The van der Waals surface area contributed by atoms with Crippen molar-refractivity contribution in [3.8, 4) is 11.5 Å². The topological polar surface area (TPSA) is 39.7 Å². The molecule has 2 rings (SSSR count). The maximum atomic E-state index is 5.92. The molecule has 1 N–H and O–H groups in total. The van der Waals surface area contributed by atoms with Crippen LogP contribution < -0.4 is 14.8 Å². The van der Waals surface area contributed by atoms with Gasteiger partial charge in [-0.05, 0) is 43.7 Å². The second-order valence-corrected chi connectivity index (χ2v) is 5.49. The molecule has 0 spiro atoms. The summed E-state index contributed by atoms with van der Waals surface area (Å²) in [5, 5.41) is 3.37. The molecule has 4 heteroatoms. The second kappa shape index (κ2) is 9.06. The molecule has 0 aromatic heterocycles. The molecular formula is C19H25NO3. The molecule has 0 amide bonds. The number of rotatable bonds is 9. The van der Waals surface area contributed by atoms with Crippen LogP contribution in [-0.4, -0.2) is 33.0 Å². The van der Waals surface area contributed by atoms with Gasteiger partial charge in [0.15, 0.2) is 0 Å². The van der Waals surface area contributed by atoms with Crippen molar-refractivity contribution in [1.82, 2.24) is 0 Å². The smallest absolute Gasteiger partial charge is 0.121 e. The van der Waals surface area contributed by atoms with Crippen LogP contribution in [0.3, 0.4) is 0 Å². The Kier molecular flexibility index (Phi) is 6.76. The third-order valence-electron chi connectivity index (χ3n) is 3.31. The van der Waals surface area contributed by atoms with Crippen LogP contribution in [0.1, 0.15) is 12.5 Å². The quantitative estimate of drug-likeness (QED) is 0.712. The standard InChI is InChI=1S/C19H25NO3/c1-15-6-4-9-19(12-15)23-16(2)14-20-17-7-5-8-18(13-17)22-11-10-21-3/h4-9,12-13,16,20H,10-11,14H2,1-3H3/t16-/m0/s1. The van der Waals surface area contributed by atoms with Gasteiger partial charge >= 0.3 is 0 Å². The molecule has 2 aromatic rings. The van der Waals surface area contributed by atoms with Gasteiger partial charge < -0.3 is 19.5 Å². The fourth-order valence-electron chi connectivity index (χ4n) is 2.16. The van der Waals surface area contributed by atoms with Crippen LogP contribution in [0.4, 0.5) is 5.69 Å². The predicted octanol–water partition coefficient (Wildman–Crippen LogP) is 3.90. The van der Waals surface area contributed by atoms with Crippen molar-refractivity contribution in [1.29, 1.82) is 0 Å². The van der Waals surface area contributed by atoms with E-state index in [0.29, 0.717) is 13.2 Å². The van der Waals surface area contributed by atoms with Crippen molar-refractivity contribution in [2.45, 2.75) is 20.0 Å². The van der Waals surface area contributed by atoms with Gasteiger partial charge in [-0.1, -0.05) is 18.2 Å². The van der Waals surface area contributed by atoms with Crippen LogP contribution >= 0.6 is 0 Å². The van der Waals surface area contributed by atoms with Crippen LogP contribution in [0.2, 0.25) is 0 Å². The molecule has 1 atom stereocenters. The van der Waals surface area contributed by atoms with Gasteiger partial charge in [0.1, 0.15) is 24.2 Å². The zero-order chi connectivity index (χ0) is 16.5. The van der Waals surface area contributed by atoms with Gasteiger partial charge in [0.2, 0.25) is 0 Å². The fraction of sp³-hybridized carbons (Fsp3) is 0.368. The van der Waals surface area contributed by atoms with Crippen LogP contribution in [0, 0.1) is 6.92 Å². The zero-order valence-corrected chi connectivity index (χ0v) is 14.0. The Labute approximate surface area is 138 Å². The Morgan fingerprint density at radius 3 is 2.57 bits per heavy atom. The molecule has 0 unspecified atom stereocenters. The van der Waals surface area contributed by atoms with Crippen LogP contribution in [-0.2, 0) is 4.74 Å². The molecule has 0 saturated carbocycles. The summed E-state index contributed by atoms with van der Waals surface area (Å²) in [6.07, 6.45) is 0.0647. The molecule has 0 heterocycles. The van der Waals surface area contributed by atoms with Gasteiger partial charge in [-0.25, -0.2) is 0 Å². The maximum Gasteiger partial charge on any atom is 0.121 e. The van der Waals surface area contributed by atoms with Crippen molar-refractivity contribution >= 4 is 5.69 Å². The summed E-state index contributed by atoms with van der Waals surface area (Å²) in [5.74, 6) is 1.73. The van der Waals surface area contributed by atoms with Crippen LogP contribution in [0.25, 0.3) is 0 Å². The first-order chi connectivity index (χ1) is 11.2. The van der Waals surface area contributed by atoms with Gasteiger partial charge in [0.05, 0.1) is 13.2 Å². The highest BCUT2D eigenvalue weighted by atomic mass is 16.5. The predicted molar refractivity (Wildman–Crippen MR) is 93.6 cm³/mol. The van der Waals surface area contributed by atoms with E-state index in [-0.39, 0.29) is 6.10 Å². The van der Waals surface area contributed by atoms with E-state index < -0.39 is 0 Å². The normalized spacial score (nSPS) is 11.8. The van der Waals surface area contributed by atoms with Crippen molar-refractivity contribution in [3.63, 3.8) is 0 Å². The lowest BCUT2D eigenvalue weighted by Gasteiger charge is -2.17. The molecule has 2 aromatic carbocycles. The number of nitrogens with one attached hydrogen (secondary N) is 1. The summed E-state index contributed by atoms with van der Waals surface area (Å²) in [6, 6.07) is 16.0. The first-order valence-corrected chi connectivity index (χ1v) is 7.86. The van der Waals surface area contributed by atoms with Gasteiger partial charge in [0.25, 0.3) is 0 Å². The molecule has 0 radical (unpaired) electrons. The van der Waals surface area contributed by atoms with E-state index in [9.17, 15) is 0 Å². The van der Waals surface area contributed by atoms with E-state index in [0.717, 1.165) is 23.7 Å². The van der Waals surface area contributed by atoms with Crippen molar-refractivity contribution in [3.05, 3.63) is 54.1 Å². The van der Waals surface area contributed by atoms with Crippen molar-refractivity contribution in [2.75, 3.05) is 32.2 Å². The molecule has 0 bridgehead atoms. The van der Waals surface area contributed by atoms with E-state index in [1.165, 1.54) is 5.56 Å². The van der Waals surface area contributed by atoms with E-state index in [1.807, 2.05) is 49.4 Å². The third kappa shape index (κ3) is 6.20. The largest absolute Gasteiger partial charge is 0.491 e. The molecule has 0 saturated heterocycles. The minimum absolute atomic E-state index is 0.0647. The number of hydrogen-bond donors (Lipinski definition) is 1. The Morgan fingerprint density at radius 1 is 1.00 bits per heavy atom. The highest BCUT2D eigenvalue weighted by Crippen LogP contribution is 2.18. The first-order valence-electron chi connectivity index (χ1n) is 7.86. The summed E-state index contributed by atoms with van der Waals surface area (Å²) >= 11 is 0. The van der Waals surface area contributed by atoms with Crippen LogP contribution in [0.15, 0.2) is 48.5 Å². The second-order valence-electron chi connectivity index (χ2n) is 5.49. The SMILES string of the molecule is COCCOc1cccc(NC[C@H](C)Oc2cccc(C)c2)c1. The lowest BCUT2D eigenvalue weighted by molar-refractivity contribution is 0.146. The Hall–Kier alpha value is -2.20. The lowest BCUT2D eigenvalue weighted by Crippen LogP contribution is -2.22. The highest BCUT2D eigenvalue weighted by Gasteiger charge is 2.05. The van der Waals surface area contributed by atoms with E-state index in [1.54, 1.807) is 7.11 Å². The first kappa shape index (κ1) is 17.2. The molecule has 0 aliphatic heterocycles. The molecule has 0 aliphatic rings. The fourth-order valence-corrected chi connectivity index (χ4v) is 2.16. The Bertz CT molecular complexity index is 601. The van der Waals surface area contributed by atoms with Crippen molar-refractivity contribution < 1.29 is 14.2 Å². The minimum atomic E-state index is 0.0647. The van der Waals surface area contributed by atoms with Crippen molar-refractivity contribution in [2.24, 2.45) is 0 Å². The number of aryl methyl sites for hydroxylation is 1. The maximum absolute atomic E-state index is 5.92. The molecule has 23 heavy (non-hydrogen) atoms. The average Bonchev–Trinajstić information content (AvgIpc) is 2.54. The molecule has 4 nitrogen and oxygen atoms in total. The summed E-state index contributed by atoms with van der Waals surface area (Å²) < 4.78 is 16.5. The minimum Gasteiger partial charge on any atom is -0.491 e. The molecule has 0 aliphatic carbocycles. The molecular weight excluding hydrogens is 290 g/mol. The lowest BCUT2D eigenvalue weighted by atomic mass is 10.2. The van der Waals surface area contributed by atoms with Crippen LogP contribution in [0.5, 0.6) is 11.5 Å². The van der Waals surface area contributed by atoms with Gasteiger partial charge in [0, 0.05) is 18.9 Å². The van der Waals surface area contributed by atoms with Gasteiger partial charge in [-0.15, -0.1) is 0 Å². The van der Waals surface area contributed by atoms with Gasteiger partial charge in [-0.3, -0.25) is 0 Å². The third-order valence-corrected chi connectivity index (χ3v) is 3.31.